The molecule has 0 bridgehead atoms. The van der Waals surface area contributed by atoms with Crippen molar-refractivity contribution in [3.05, 3.63) is 77.1 Å². The fourth-order valence-corrected chi connectivity index (χ4v) is 3.09. The Hall–Kier alpha value is -3.23. The minimum atomic E-state index is 0.477. The first-order valence-corrected chi connectivity index (χ1v) is 8.52. The van der Waals surface area contributed by atoms with Crippen LogP contribution in [-0.2, 0) is 17.9 Å². The van der Waals surface area contributed by atoms with Crippen molar-refractivity contribution in [2.75, 3.05) is 6.61 Å². The number of nitrogens with zero attached hydrogens (tertiary/aromatic N) is 4. The van der Waals surface area contributed by atoms with Crippen LogP contribution in [0.5, 0.6) is 0 Å². The largest absolute Gasteiger partial charge is 0.375 e. The zero-order valence-corrected chi connectivity index (χ0v) is 14.5. The summed E-state index contributed by atoms with van der Waals surface area (Å²) in [5.41, 5.74) is 6.36. The van der Waals surface area contributed by atoms with Gasteiger partial charge in [0.2, 0.25) is 0 Å². The molecule has 0 radical (unpaired) electrons. The third kappa shape index (κ3) is 2.81. The average molecular weight is 342 g/mol. The van der Waals surface area contributed by atoms with E-state index in [9.17, 15) is 0 Å². The molecule has 0 amide bonds. The second kappa shape index (κ2) is 6.95. The van der Waals surface area contributed by atoms with Crippen LogP contribution in [0.1, 0.15) is 35.1 Å². The third-order valence-corrected chi connectivity index (χ3v) is 4.37. The van der Waals surface area contributed by atoms with Crippen molar-refractivity contribution < 1.29 is 4.74 Å². The fraction of sp³-hybridized carbons (Fsp3) is 0.190. The molecular formula is C21H18N4O. The minimum absolute atomic E-state index is 0.477. The number of fused-ring (bicyclic) bond motifs is 3. The second-order valence-corrected chi connectivity index (χ2v) is 5.90. The van der Waals surface area contributed by atoms with E-state index in [2.05, 4.69) is 20.5 Å². The van der Waals surface area contributed by atoms with Crippen molar-refractivity contribution in [2.24, 2.45) is 4.99 Å². The summed E-state index contributed by atoms with van der Waals surface area (Å²) in [5.74, 6) is 2.71. The van der Waals surface area contributed by atoms with Crippen molar-refractivity contribution in [1.29, 1.82) is 0 Å². The topological polar surface area (TPSA) is 52.3 Å². The van der Waals surface area contributed by atoms with E-state index in [4.69, 9.17) is 16.2 Å². The van der Waals surface area contributed by atoms with Gasteiger partial charge in [-0.1, -0.05) is 12.0 Å². The SMILES string of the molecule is C#Cc1ccc2c(c1)C(c1ccccn1)=NCc1c(COCC)ncn1-2. The number of pyridine rings is 1. The first-order valence-electron chi connectivity index (χ1n) is 8.52. The van der Waals surface area contributed by atoms with Gasteiger partial charge in [-0.05, 0) is 37.3 Å². The van der Waals surface area contributed by atoms with Gasteiger partial charge in [-0.3, -0.25) is 9.98 Å². The molecule has 5 nitrogen and oxygen atoms in total. The van der Waals surface area contributed by atoms with Gasteiger partial charge in [-0.25, -0.2) is 4.98 Å². The number of aromatic nitrogens is 3. The maximum absolute atomic E-state index is 5.62. The highest BCUT2D eigenvalue weighted by atomic mass is 16.5. The third-order valence-electron chi connectivity index (χ3n) is 4.37. The predicted octanol–water partition coefficient (Wildman–Crippen LogP) is 3.14. The van der Waals surface area contributed by atoms with Crippen LogP contribution < -0.4 is 0 Å². The summed E-state index contributed by atoms with van der Waals surface area (Å²) in [7, 11) is 0. The molecule has 1 aromatic carbocycles. The zero-order chi connectivity index (χ0) is 17.9. The first kappa shape index (κ1) is 16.2. The van der Waals surface area contributed by atoms with Gasteiger partial charge in [0.1, 0.15) is 0 Å². The maximum Gasteiger partial charge on any atom is 0.0999 e. The normalized spacial score (nSPS) is 12.5. The van der Waals surface area contributed by atoms with E-state index >= 15 is 0 Å². The molecule has 5 heteroatoms. The molecule has 0 unspecified atom stereocenters. The van der Waals surface area contributed by atoms with Crippen LogP contribution in [0.2, 0.25) is 0 Å². The number of rotatable bonds is 4. The fourth-order valence-electron chi connectivity index (χ4n) is 3.09. The van der Waals surface area contributed by atoms with E-state index in [-0.39, 0.29) is 0 Å². The van der Waals surface area contributed by atoms with E-state index in [1.165, 1.54) is 0 Å². The van der Waals surface area contributed by atoms with Gasteiger partial charge in [0.05, 0.1) is 48.0 Å². The van der Waals surface area contributed by atoms with Gasteiger partial charge in [-0.2, -0.15) is 0 Å². The van der Waals surface area contributed by atoms with E-state index < -0.39 is 0 Å². The van der Waals surface area contributed by atoms with Crippen LogP contribution in [0.15, 0.2) is 53.9 Å². The molecule has 3 aromatic rings. The molecule has 3 heterocycles. The summed E-state index contributed by atoms with van der Waals surface area (Å²) < 4.78 is 7.63. The van der Waals surface area contributed by atoms with Crippen LogP contribution in [-0.4, -0.2) is 26.9 Å². The van der Waals surface area contributed by atoms with Crippen LogP contribution in [0, 0.1) is 12.3 Å². The van der Waals surface area contributed by atoms with Crippen LogP contribution >= 0.6 is 0 Å². The van der Waals surface area contributed by atoms with Crippen molar-refractivity contribution in [2.45, 2.75) is 20.1 Å². The summed E-state index contributed by atoms with van der Waals surface area (Å²) in [6.07, 6.45) is 9.22. The Morgan fingerprint density at radius 1 is 1.23 bits per heavy atom. The molecule has 2 aromatic heterocycles. The van der Waals surface area contributed by atoms with Crippen LogP contribution in [0.3, 0.4) is 0 Å². The zero-order valence-electron chi connectivity index (χ0n) is 14.5. The van der Waals surface area contributed by atoms with Gasteiger partial charge < -0.3 is 9.30 Å². The smallest absolute Gasteiger partial charge is 0.0999 e. The Morgan fingerprint density at radius 2 is 2.15 bits per heavy atom. The van der Waals surface area contributed by atoms with Gasteiger partial charge in [0.25, 0.3) is 0 Å². The molecule has 0 spiro atoms. The lowest BCUT2D eigenvalue weighted by Gasteiger charge is -2.12. The summed E-state index contributed by atoms with van der Waals surface area (Å²) in [5, 5.41) is 0. The Balaban J connectivity index is 1.91. The van der Waals surface area contributed by atoms with E-state index in [1.807, 2.05) is 49.6 Å². The van der Waals surface area contributed by atoms with Crippen LogP contribution in [0.25, 0.3) is 5.69 Å². The molecule has 26 heavy (non-hydrogen) atoms. The standard InChI is InChI=1S/C21H18N4O/c1-3-15-8-9-19-16(11-15)21(17-7-5-6-10-22-17)23-12-20-18(13-26-4-2)24-14-25(19)20/h1,5-11,14H,4,12-13H2,2H3. The number of aliphatic imine (C=N–C) groups is 1. The quantitative estimate of drug-likeness (QED) is 0.685. The molecular weight excluding hydrogens is 324 g/mol. The molecule has 0 saturated carbocycles. The Kier molecular flexibility index (Phi) is 4.34. The van der Waals surface area contributed by atoms with Gasteiger partial charge in [-0.15, -0.1) is 6.42 Å². The number of terminal acetylenes is 1. The molecule has 0 fully saturated rings. The summed E-state index contributed by atoms with van der Waals surface area (Å²) >= 11 is 0. The molecule has 0 N–H and O–H groups in total. The van der Waals surface area contributed by atoms with Crippen molar-refractivity contribution in [1.82, 2.24) is 14.5 Å². The highest BCUT2D eigenvalue weighted by molar-refractivity contribution is 6.14. The lowest BCUT2D eigenvalue weighted by molar-refractivity contribution is 0.131. The van der Waals surface area contributed by atoms with Crippen molar-refractivity contribution in [3.63, 3.8) is 0 Å². The minimum Gasteiger partial charge on any atom is -0.375 e. The van der Waals surface area contributed by atoms with Gasteiger partial charge >= 0.3 is 0 Å². The average Bonchev–Trinajstić information content (AvgIpc) is 3.02. The molecule has 0 aliphatic carbocycles. The number of imidazole rings is 1. The molecule has 0 saturated heterocycles. The monoisotopic (exact) mass is 342 g/mol. The summed E-state index contributed by atoms with van der Waals surface area (Å²) in [4.78, 5) is 13.9. The molecule has 1 aliphatic heterocycles. The number of ether oxygens (including phenoxy) is 1. The lowest BCUT2D eigenvalue weighted by Crippen LogP contribution is -2.09. The predicted molar refractivity (Wildman–Crippen MR) is 100 cm³/mol. The molecule has 128 valence electrons. The molecule has 1 aliphatic rings. The maximum atomic E-state index is 5.62. The molecule has 0 atom stereocenters. The van der Waals surface area contributed by atoms with E-state index in [0.717, 1.165) is 39.6 Å². The highest BCUT2D eigenvalue weighted by Crippen LogP contribution is 2.27. The Bertz CT molecular complexity index is 1010. The highest BCUT2D eigenvalue weighted by Gasteiger charge is 2.22. The summed E-state index contributed by atoms with van der Waals surface area (Å²) in [6, 6.07) is 11.8. The second-order valence-electron chi connectivity index (χ2n) is 5.90. The number of hydrogen-bond acceptors (Lipinski definition) is 4. The lowest BCUT2D eigenvalue weighted by atomic mass is 10.0. The van der Waals surface area contributed by atoms with Crippen LogP contribution in [0.4, 0.5) is 0 Å². The Labute approximate surface area is 152 Å². The first-order chi connectivity index (χ1) is 12.8. The van der Waals surface area contributed by atoms with Gasteiger partial charge in [0.15, 0.2) is 0 Å². The van der Waals surface area contributed by atoms with Crippen molar-refractivity contribution >= 4 is 5.71 Å². The number of hydrogen-bond donors (Lipinski definition) is 0. The van der Waals surface area contributed by atoms with E-state index in [0.29, 0.717) is 19.8 Å². The van der Waals surface area contributed by atoms with Gasteiger partial charge in [0, 0.05) is 23.9 Å². The Morgan fingerprint density at radius 3 is 2.92 bits per heavy atom. The van der Waals surface area contributed by atoms with Crippen molar-refractivity contribution in [3.8, 4) is 18.0 Å². The van der Waals surface area contributed by atoms with E-state index in [1.54, 1.807) is 6.20 Å². The number of benzene rings is 1. The summed E-state index contributed by atoms with van der Waals surface area (Å²) in [6.45, 7) is 3.61. The molecule has 4 rings (SSSR count).